The Morgan fingerprint density at radius 1 is 1.48 bits per heavy atom. The summed E-state index contributed by atoms with van der Waals surface area (Å²) in [7, 11) is 0. The van der Waals surface area contributed by atoms with Crippen molar-refractivity contribution in [2.75, 3.05) is 13.2 Å². The van der Waals surface area contributed by atoms with Crippen molar-refractivity contribution >= 4 is 27.8 Å². The van der Waals surface area contributed by atoms with Crippen molar-refractivity contribution in [1.29, 1.82) is 0 Å². The quantitative estimate of drug-likeness (QED) is 0.781. The normalized spacial score (nSPS) is 11.0. The predicted molar refractivity (Wildman–Crippen MR) is 81.5 cm³/mol. The van der Waals surface area contributed by atoms with Gasteiger partial charge in [0.1, 0.15) is 5.56 Å². The third kappa shape index (κ3) is 5.71. The summed E-state index contributed by atoms with van der Waals surface area (Å²) in [5, 5.41) is 11.6. The first-order valence-electron chi connectivity index (χ1n) is 6.53. The number of aromatic nitrogens is 1. The fourth-order valence-electron chi connectivity index (χ4n) is 1.73. The zero-order chi connectivity index (χ0) is 16.0. The van der Waals surface area contributed by atoms with Crippen LogP contribution in [0.1, 0.15) is 37.6 Å². The molecule has 0 bridgehead atoms. The molecule has 0 saturated heterocycles. The van der Waals surface area contributed by atoms with Gasteiger partial charge in [-0.2, -0.15) is 0 Å². The van der Waals surface area contributed by atoms with Crippen LogP contribution in [-0.2, 0) is 4.79 Å². The van der Waals surface area contributed by atoms with E-state index < -0.39 is 11.4 Å². The number of carbonyl (C=O) groups excluding carboxylic acids is 1. The number of amides is 1. The van der Waals surface area contributed by atoms with E-state index in [0.29, 0.717) is 16.6 Å². The van der Waals surface area contributed by atoms with Crippen LogP contribution in [0.3, 0.4) is 0 Å². The number of pyridine rings is 1. The number of nitrogens with one attached hydrogen (secondary N) is 1. The molecule has 0 radical (unpaired) electrons. The van der Waals surface area contributed by atoms with Gasteiger partial charge >= 0.3 is 5.97 Å². The first-order valence-corrected chi connectivity index (χ1v) is 7.33. The van der Waals surface area contributed by atoms with Gasteiger partial charge in [-0.3, -0.25) is 9.59 Å². The number of hydrogen-bond acceptors (Lipinski definition) is 4. The highest BCUT2D eigenvalue weighted by Crippen LogP contribution is 2.22. The second kappa shape index (κ2) is 7.40. The molecule has 0 fully saturated rings. The third-order valence-corrected chi connectivity index (χ3v) is 3.13. The lowest BCUT2D eigenvalue weighted by Crippen LogP contribution is -2.35. The third-order valence-electron chi connectivity index (χ3n) is 2.70. The highest BCUT2D eigenvalue weighted by atomic mass is 79.9. The van der Waals surface area contributed by atoms with Gasteiger partial charge in [-0.15, -0.1) is 0 Å². The van der Waals surface area contributed by atoms with E-state index in [2.05, 4.69) is 26.2 Å². The first-order chi connectivity index (χ1) is 9.75. The smallest absolute Gasteiger partial charge is 0.303 e. The van der Waals surface area contributed by atoms with Crippen LogP contribution in [0.5, 0.6) is 5.88 Å². The van der Waals surface area contributed by atoms with E-state index in [4.69, 9.17) is 9.84 Å². The van der Waals surface area contributed by atoms with Crippen LogP contribution in [-0.4, -0.2) is 35.1 Å². The number of carbonyl (C=O) groups is 2. The van der Waals surface area contributed by atoms with E-state index in [1.54, 1.807) is 33.0 Å². The number of halogens is 1. The van der Waals surface area contributed by atoms with Crippen LogP contribution in [0.4, 0.5) is 0 Å². The largest absolute Gasteiger partial charge is 0.481 e. The van der Waals surface area contributed by atoms with Crippen LogP contribution in [0.2, 0.25) is 0 Å². The lowest BCUT2D eigenvalue weighted by Gasteiger charge is -2.22. The van der Waals surface area contributed by atoms with E-state index in [1.807, 2.05) is 0 Å². The predicted octanol–water partition coefficient (Wildman–Crippen LogP) is 2.47. The number of ether oxygens (including phenoxy) is 1. The molecule has 0 aliphatic heterocycles. The van der Waals surface area contributed by atoms with Gasteiger partial charge in [0.15, 0.2) is 0 Å². The summed E-state index contributed by atoms with van der Waals surface area (Å²) in [5.74, 6) is -0.978. The molecular formula is C14H19BrN2O4. The van der Waals surface area contributed by atoms with Crippen LogP contribution >= 0.6 is 15.9 Å². The fraction of sp³-hybridized carbons (Fsp3) is 0.500. The summed E-state index contributed by atoms with van der Waals surface area (Å²) in [4.78, 5) is 27.0. The molecule has 7 heteroatoms. The number of rotatable bonds is 7. The maximum absolute atomic E-state index is 12.2. The van der Waals surface area contributed by atoms with Gasteiger partial charge < -0.3 is 15.2 Å². The van der Waals surface area contributed by atoms with Crippen molar-refractivity contribution in [1.82, 2.24) is 10.3 Å². The van der Waals surface area contributed by atoms with Gasteiger partial charge in [0, 0.05) is 17.2 Å². The summed E-state index contributed by atoms with van der Waals surface area (Å²) in [5.41, 5.74) is -0.218. The van der Waals surface area contributed by atoms with Crippen molar-refractivity contribution in [3.05, 3.63) is 22.3 Å². The molecule has 1 aromatic heterocycles. The molecule has 0 aliphatic rings. The summed E-state index contributed by atoms with van der Waals surface area (Å²) < 4.78 is 5.99. The van der Waals surface area contributed by atoms with Gasteiger partial charge in [0.2, 0.25) is 5.88 Å². The minimum absolute atomic E-state index is 0.0255. The van der Waals surface area contributed by atoms with Crippen molar-refractivity contribution in [3.63, 3.8) is 0 Å². The topological polar surface area (TPSA) is 88.5 Å². The number of carboxylic acid groups (broad SMARTS) is 1. The minimum Gasteiger partial charge on any atom is -0.481 e. The number of carboxylic acids is 1. The maximum Gasteiger partial charge on any atom is 0.303 e. The standard InChI is InChI=1S/C14H19BrN2O4/c1-4-21-13-10(5-9(15)7-16-13)12(20)17-8-14(2,3)6-11(18)19/h5,7H,4,6,8H2,1-3H3,(H,17,20)(H,18,19). The van der Waals surface area contributed by atoms with E-state index in [0.717, 1.165) is 0 Å². The Morgan fingerprint density at radius 3 is 2.71 bits per heavy atom. The van der Waals surface area contributed by atoms with Gasteiger partial charge in [0.05, 0.1) is 13.0 Å². The van der Waals surface area contributed by atoms with Gasteiger partial charge in [-0.1, -0.05) is 13.8 Å². The van der Waals surface area contributed by atoms with Gasteiger partial charge in [-0.25, -0.2) is 4.98 Å². The van der Waals surface area contributed by atoms with Gasteiger partial charge in [-0.05, 0) is 34.3 Å². The minimum atomic E-state index is -0.895. The van der Waals surface area contributed by atoms with E-state index in [-0.39, 0.29) is 24.8 Å². The molecule has 0 aromatic carbocycles. The highest BCUT2D eigenvalue weighted by molar-refractivity contribution is 9.10. The van der Waals surface area contributed by atoms with Crippen molar-refractivity contribution in [3.8, 4) is 5.88 Å². The summed E-state index contributed by atoms with van der Waals surface area (Å²) >= 11 is 3.26. The molecule has 1 heterocycles. The molecule has 116 valence electrons. The Kier molecular flexibility index (Phi) is 6.14. The van der Waals surface area contributed by atoms with E-state index in [9.17, 15) is 9.59 Å². The van der Waals surface area contributed by atoms with Crippen molar-refractivity contribution in [2.24, 2.45) is 5.41 Å². The van der Waals surface area contributed by atoms with Crippen LogP contribution < -0.4 is 10.1 Å². The average molecular weight is 359 g/mol. The summed E-state index contributed by atoms with van der Waals surface area (Å²) in [6.45, 7) is 6.02. The van der Waals surface area contributed by atoms with E-state index >= 15 is 0 Å². The lowest BCUT2D eigenvalue weighted by atomic mass is 9.89. The second-order valence-corrected chi connectivity index (χ2v) is 6.27. The zero-order valence-corrected chi connectivity index (χ0v) is 13.9. The Balaban J connectivity index is 2.80. The number of aliphatic carboxylic acids is 1. The molecule has 1 aromatic rings. The average Bonchev–Trinajstić information content (AvgIpc) is 2.37. The van der Waals surface area contributed by atoms with Crippen LogP contribution in [0.25, 0.3) is 0 Å². The van der Waals surface area contributed by atoms with Crippen LogP contribution in [0, 0.1) is 5.41 Å². The molecule has 6 nitrogen and oxygen atoms in total. The summed E-state index contributed by atoms with van der Waals surface area (Å²) in [6.07, 6.45) is 1.53. The molecule has 0 unspecified atom stereocenters. The first kappa shape index (κ1) is 17.4. The Hall–Kier alpha value is -1.63. The molecule has 0 aliphatic carbocycles. The Morgan fingerprint density at radius 2 is 2.14 bits per heavy atom. The molecule has 1 rings (SSSR count). The van der Waals surface area contributed by atoms with E-state index in [1.165, 1.54) is 0 Å². The highest BCUT2D eigenvalue weighted by Gasteiger charge is 2.24. The molecule has 0 saturated carbocycles. The maximum atomic E-state index is 12.2. The Bertz CT molecular complexity index is 532. The van der Waals surface area contributed by atoms with Crippen LogP contribution in [0.15, 0.2) is 16.7 Å². The Labute approximate surface area is 132 Å². The SMILES string of the molecule is CCOc1ncc(Br)cc1C(=O)NCC(C)(C)CC(=O)O. The molecule has 0 atom stereocenters. The zero-order valence-electron chi connectivity index (χ0n) is 12.3. The lowest BCUT2D eigenvalue weighted by molar-refractivity contribution is -0.139. The summed E-state index contributed by atoms with van der Waals surface area (Å²) in [6, 6.07) is 1.62. The second-order valence-electron chi connectivity index (χ2n) is 5.36. The number of nitrogens with zero attached hydrogens (tertiary/aromatic N) is 1. The monoisotopic (exact) mass is 358 g/mol. The molecule has 2 N–H and O–H groups in total. The molecule has 0 spiro atoms. The number of hydrogen-bond donors (Lipinski definition) is 2. The molecule has 1 amide bonds. The fourth-order valence-corrected chi connectivity index (χ4v) is 2.06. The van der Waals surface area contributed by atoms with Gasteiger partial charge in [0.25, 0.3) is 5.91 Å². The van der Waals surface area contributed by atoms with Crippen molar-refractivity contribution in [2.45, 2.75) is 27.2 Å². The molecule has 21 heavy (non-hydrogen) atoms. The molecular weight excluding hydrogens is 340 g/mol. The van der Waals surface area contributed by atoms with Crippen molar-refractivity contribution < 1.29 is 19.4 Å².